The lowest BCUT2D eigenvalue weighted by atomic mass is 9.94. The van der Waals surface area contributed by atoms with Crippen LogP contribution in [0.5, 0.6) is 5.75 Å². The number of imide groups is 1. The lowest BCUT2D eigenvalue weighted by molar-refractivity contribution is -0.140. The molecule has 5 aliphatic rings. The number of amides is 4. The van der Waals surface area contributed by atoms with E-state index in [1.807, 2.05) is 18.0 Å². The highest BCUT2D eigenvalue weighted by Crippen LogP contribution is 2.40. The van der Waals surface area contributed by atoms with E-state index in [0.29, 0.717) is 66.9 Å². The molecule has 4 N–H and O–H groups in total. The summed E-state index contributed by atoms with van der Waals surface area (Å²) in [5.41, 5.74) is 6.06. The van der Waals surface area contributed by atoms with Crippen LogP contribution in [0.2, 0.25) is 0 Å². The smallest absolute Gasteiger partial charge is 0.342 e. The summed E-state index contributed by atoms with van der Waals surface area (Å²) in [5.74, 6) is -4.89. The maximum Gasteiger partial charge on any atom is 0.342 e. The van der Waals surface area contributed by atoms with Crippen molar-refractivity contribution in [3.63, 3.8) is 0 Å². The normalized spacial score (nSPS) is 21.5. The molecule has 1 saturated carbocycles. The summed E-state index contributed by atoms with van der Waals surface area (Å²) in [4.78, 5) is 65.8. The van der Waals surface area contributed by atoms with E-state index in [2.05, 4.69) is 41.1 Å². The summed E-state index contributed by atoms with van der Waals surface area (Å²) in [6.07, 6.45) is 8.21. The third-order valence-corrected chi connectivity index (χ3v) is 13.1. The van der Waals surface area contributed by atoms with Gasteiger partial charge in [-0.1, -0.05) is 12.8 Å². The minimum Gasteiger partial charge on any atom is -0.495 e. The molecule has 1 aliphatic carbocycles. The Morgan fingerprint density at radius 3 is 2.41 bits per heavy atom. The van der Waals surface area contributed by atoms with Crippen LogP contribution in [0.3, 0.4) is 0 Å². The van der Waals surface area contributed by atoms with Crippen molar-refractivity contribution >= 4 is 58.1 Å². The first-order valence-electron chi connectivity index (χ1n) is 21.9. The number of aryl methyl sites for hydroxylation is 1. The highest BCUT2D eigenvalue weighted by atomic mass is 19.3. The molecule has 4 amide bonds. The Morgan fingerprint density at radius 2 is 1.70 bits per heavy atom. The van der Waals surface area contributed by atoms with E-state index in [1.165, 1.54) is 26.4 Å². The fourth-order valence-electron chi connectivity index (χ4n) is 9.36. The summed E-state index contributed by atoms with van der Waals surface area (Å²) in [5, 5.41) is 10.5. The number of aromatic nitrogens is 2. The first kappa shape index (κ1) is 43.9. The van der Waals surface area contributed by atoms with Gasteiger partial charge in [0.05, 0.1) is 31.2 Å². The number of piperidine rings is 2. The molecular formula is C44H56F3N11O5. The molecule has 0 bridgehead atoms. The number of carbonyl (C=O) groups is 4. The van der Waals surface area contributed by atoms with Gasteiger partial charge in [-0.2, -0.15) is 13.8 Å². The monoisotopic (exact) mass is 875 g/mol. The summed E-state index contributed by atoms with van der Waals surface area (Å²) in [6.45, 7) is 6.56. The summed E-state index contributed by atoms with van der Waals surface area (Å²) < 4.78 is 51.1. The lowest BCUT2D eigenvalue weighted by Gasteiger charge is -2.38. The van der Waals surface area contributed by atoms with Gasteiger partial charge >= 0.3 is 5.92 Å². The Bertz CT molecular complexity index is 2210. The Kier molecular flexibility index (Phi) is 13.0. The first-order chi connectivity index (χ1) is 30.3. The number of anilines is 6. The zero-order valence-electron chi connectivity index (χ0n) is 36.0. The quantitative estimate of drug-likeness (QED) is 0.183. The molecule has 5 heterocycles. The fourth-order valence-corrected chi connectivity index (χ4v) is 9.36. The van der Waals surface area contributed by atoms with Crippen molar-refractivity contribution in [2.75, 3.05) is 91.8 Å². The van der Waals surface area contributed by atoms with E-state index >= 15 is 13.2 Å². The number of carbonyl (C=O) groups excluding carboxylic acids is 4. The first-order valence-corrected chi connectivity index (χ1v) is 21.9. The number of fused-ring (bicyclic) bond motifs is 1. The number of hydrazine groups is 1. The summed E-state index contributed by atoms with van der Waals surface area (Å²) in [7, 11) is 2.80. The van der Waals surface area contributed by atoms with E-state index in [4.69, 9.17) is 4.74 Å². The molecule has 63 heavy (non-hydrogen) atoms. The van der Waals surface area contributed by atoms with E-state index < -0.39 is 30.3 Å². The number of methoxy groups -OCH3 is 1. The minimum atomic E-state index is -3.58. The molecular weight excluding hydrogens is 820 g/mol. The van der Waals surface area contributed by atoms with Gasteiger partial charge in [0.15, 0.2) is 5.82 Å². The molecule has 3 aromatic rings. The van der Waals surface area contributed by atoms with Gasteiger partial charge in [0.1, 0.15) is 23.3 Å². The summed E-state index contributed by atoms with van der Waals surface area (Å²) in [6, 6.07) is 7.50. The van der Waals surface area contributed by atoms with Crippen LogP contribution >= 0.6 is 0 Å². The number of piperazine rings is 1. The topological polar surface area (TPSA) is 168 Å². The molecule has 0 radical (unpaired) electrons. The molecule has 3 saturated heterocycles. The molecule has 1 unspecified atom stereocenters. The average Bonchev–Trinajstić information content (AvgIpc) is 3.80. The van der Waals surface area contributed by atoms with Crippen LogP contribution in [0.4, 0.5) is 47.7 Å². The second-order valence-corrected chi connectivity index (χ2v) is 17.3. The number of hydrogen-bond donors (Lipinski definition) is 4. The van der Waals surface area contributed by atoms with Gasteiger partial charge in [0, 0.05) is 70.0 Å². The fraction of sp³-hybridized carbons (Fsp3) is 0.545. The van der Waals surface area contributed by atoms with E-state index in [0.717, 1.165) is 75.0 Å². The number of rotatable bonds is 12. The third-order valence-electron chi connectivity index (χ3n) is 13.1. The van der Waals surface area contributed by atoms with Gasteiger partial charge in [0.25, 0.3) is 11.8 Å². The second kappa shape index (κ2) is 18.6. The van der Waals surface area contributed by atoms with Crippen LogP contribution in [-0.4, -0.2) is 128 Å². The molecule has 0 spiro atoms. The van der Waals surface area contributed by atoms with Gasteiger partial charge in [0.2, 0.25) is 17.8 Å². The van der Waals surface area contributed by atoms with Crippen LogP contribution in [0.1, 0.15) is 73.7 Å². The van der Waals surface area contributed by atoms with Crippen molar-refractivity contribution in [2.24, 2.45) is 5.92 Å². The predicted molar refractivity (Wildman–Crippen MR) is 232 cm³/mol. The van der Waals surface area contributed by atoms with E-state index in [-0.39, 0.29) is 47.5 Å². The number of alkyl halides is 2. The molecule has 4 aliphatic heterocycles. The van der Waals surface area contributed by atoms with Gasteiger partial charge in [-0.05, 0) is 93.8 Å². The van der Waals surface area contributed by atoms with Gasteiger partial charge in [-0.3, -0.25) is 34.8 Å². The average molecular weight is 876 g/mol. The zero-order valence-corrected chi connectivity index (χ0v) is 36.0. The third kappa shape index (κ3) is 9.78. The van der Waals surface area contributed by atoms with Gasteiger partial charge in [-0.25, -0.2) is 14.4 Å². The Morgan fingerprint density at radius 1 is 0.952 bits per heavy atom. The number of nitrogens with one attached hydrogen (secondary N) is 4. The number of nitrogens with zero attached hydrogens (tertiary/aromatic N) is 7. The van der Waals surface area contributed by atoms with E-state index in [9.17, 15) is 19.2 Å². The van der Waals surface area contributed by atoms with Crippen LogP contribution in [0.25, 0.3) is 0 Å². The number of halogens is 3. The Labute approximate surface area is 364 Å². The second-order valence-electron chi connectivity index (χ2n) is 17.3. The van der Waals surface area contributed by atoms with Crippen molar-refractivity contribution in [1.82, 2.24) is 30.6 Å². The summed E-state index contributed by atoms with van der Waals surface area (Å²) >= 11 is 0. The van der Waals surface area contributed by atoms with Crippen molar-refractivity contribution in [3.8, 4) is 5.75 Å². The SMILES string of the molecule is COc1cc(C(=O)NN2CCC(CCN3CCN(c4cc(C)c(NC5CCC(=O)NC5=O)cc4F)CC3)CC2)ccc1Nc1ncc2c(n1)N(C1CCCC1)CC(F)(F)C(=O)N2C. The highest BCUT2D eigenvalue weighted by molar-refractivity contribution is 6.02. The number of benzene rings is 2. The standard InChI is InChI=1S/C44H56F3N11O5/c1-27-22-35(31(45)24-34(27)49-33-10-11-38(59)51-41(33)61)56-20-18-55(19-21-56)15-12-28-13-16-57(17-14-28)53-40(60)29-8-9-32(37(23-29)63-3)50-43-48-25-36-39(52-43)58(30-6-4-5-7-30)26-44(46,47)42(62)54(36)2/h8-9,22-25,28,30,33,49H,4-7,10-21,26H2,1-3H3,(H,53,60)(H,48,50,52)(H,51,59,61). The van der Waals surface area contributed by atoms with E-state index in [1.54, 1.807) is 23.1 Å². The number of ether oxygens (including phenoxy) is 1. The molecule has 1 atom stereocenters. The van der Waals surface area contributed by atoms with Crippen LogP contribution in [0.15, 0.2) is 36.5 Å². The van der Waals surface area contributed by atoms with Crippen LogP contribution in [0, 0.1) is 18.7 Å². The molecule has 16 nitrogen and oxygen atoms in total. The van der Waals surface area contributed by atoms with Gasteiger partial charge in [-0.15, -0.1) is 0 Å². The molecule has 1 aromatic heterocycles. The highest BCUT2D eigenvalue weighted by Gasteiger charge is 2.49. The maximum absolute atomic E-state index is 15.4. The zero-order chi connectivity index (χ0) is 44.4. The Hall–Kier alpha value is -5.69. The molecule has 338 valence electrons. The molecule has 4 fully saturated rings. The maximum atomic E-state index is 15.4. The van der Waals surface area contributed by atoms with Crippen molar-refractivity contribution in [3.05, 3.63) is 53.5 Å². The lowest BCUT2D eigenvalue weighted by Crippen LogP contribution is -2.48. The van der Waals surface area contributed by atoms with Crippen LogP contribution < -0.4 is 40.8 Å². The largest absolute Gasteiger partial charge is 0.495 e. The van der Waals surface area contributed by atoms with Gasteiger partial charge < -0.3 is 30.1 Å². The number of hydrogen-bond acceptors (Lipinski definition) is 13. The van der Waals surface area contributed by atoms with Crippen molar-refractivity contribution in [1.29, 1.82) is 0 Å². The van der Waals surface area contributed by atoms with Crippen molar-refractivity contribution < 1.29 is 37.1 Å². The Balaban J connectivity index is 0.797. The minimum absolute atomic E-state index is 0.138. The van der Waals surface area contributed by atoms with Crippen molar-refractivity contribution in [2.45, 2.75) is 82.7 Å². The predicted octanol–water partition coefficient (Wildman–Crippen LogP) is 4.82. The molecule has 2 aromatic carbocycles. The molecule has 19 heteroatoms. The molecule has 8 rings (SSSR count). The van der Waals surface area contributed by atoms with Crippen LogP contribution in [-0.2, 0) is 14.4 Å².